The molecule has 1 aromatic carbocycles. The first-order chi connectivity index (χ1) is 10.2. The van der Waals surface area contributed by atoms with Crippen molar-refractivity contribution in [1.29, 1.82) is 0 Å². The SMILES string of the molecule is CCCNC1=C(C(=O)OCC)CN(c2ccccc2)C1=O. The number of hydrogen-bond acceptors (Lipinski definition) is 4. The molecule has 5 heteroatoms. The quantitative estimate of drug-likeness (QED) is 0.812. The molecule has 0 radical (unpaired) electrons. The molecule has 112 valence electrons. The first-order valence-electron chi connectivity index (χ1n) is 7.20. The van der Waals surface area contributed by atoms with Gasteiger partial charge in [-0.2, -0.15) is 0 Å². The van der Waals surface area contributed by atoms with Crippen LogP contribution >= 0.6 is 0 Å². The van der Waals surface area contributed by atoms with Crippen LogP contribution < -0.4 is 10.2 Å². The van der Waals surface area contributed by atoms with Crippen LogP contribution in [0.3, 0.4) is 0 Å². The first kappa shape index (κ1) is 15.1. The Morgan fingerprint density at radius 3 is 2.62 bits per heavy atom. The van der Waals surface area contributed by atoms with E-state index in [0.717, 1.165) is 12.1 Å². The normalized spacial score (nSPS) is 14.6. The Morgan fingerprint density at radius 1 is 1.29 bits per heavy atom. The van der Waals surface area contributed by atoms with E-state index in [4.69, 9.17) is 4.74 Å². The third kappa shape index (κ3) is 3.24. The summed E-state index contributed by atoms with van der Waals surface area (Å²) in [6, 6.07) is 9.32. The highest BCUT2D eigenvalue weighted by Gasteiger charge is 2.35. The maximum Gasteiger partial charge on any atom is 0.338 e. The standard InChI is InChI=1S/C16H20N2O3/c1-3-10-17-14-13(16(20)21-4-2)11-18(15(14)19)12-8-6-5-7-9-12/h5-9,17H,3-4,10-11H2,1-2H3. The van der Waals surface area contributed by atoms with Crippen LogP contribution in [-0.2, 0) is 14.3 Å². The predicted octanol–water partition coefficient (Wildman–Crippen LogP) is 1.85. The van der Waals surface area contributed by atoms with Gasteiger partial charge in [0.2, 0.25) is 0 Å². The minimum Gasteiger partial charge on any atom is -0.463 e. The summed E-state index contributed by atoms with van der Waals surface area (Å²) < 4.78 is 5.05. The van der Waals surface area contributed by atoms with Gasteiger partial charge in [0.05, 0.1) is 18.7 Å². The number of hydrogen-bond donors (Lipinski definition) is 1. The number of benzene rings is 1. The van der Waals surface area contributed by atoms with Gasteiger partial charge in [0.1, 0.15) is 5.70 Å². The van der Waals surface area contributed by atoms with E-state index in [1.807, 2.05) is 37.3 Å². The van der Waals surface area contributed by atoms with Gasteiger partial charge in [0.25, 0.3) is 5.91 Å². The molecule has 1 aromatic rings. The van der Waals surface area contributed by atoms with E-state index in [-0.39, 0.29) is 12.5 Å². The second-order valence-electron chi connectivity index (χ2n) is 4.73. The molecule has 0 aromatic heterocycles. The van der Waals surface area contributed by atoms with E-state index in [1.165, 1.54) is 0 Å². The molecule has 0 spiro atoms. The van der Waals surface area contributed by atoms with E-state index >= 15 is 0 Å². The van der Waals surface area contributed by atoms with Crippen molar-refractivity contribution in [3.63, 3.8) is 0 Å². The van der Waals surface area contributed by atoms with Gasteiger partial charge in [-0.25, -0.2) is 4.79 Å². The molecule has 0 fully saturated rings. The van der Waals surface area contributed by atoms with Crippen molar-refractivity contribution in [2.75, 3.05) is 24.6 Å². The Bertz CT molecular complexity index is 552. The van der Waals surface area contributed by atoms with E-state index < -0.39 is 5.97 Å². The Hall–Kier alpha value is -2.30. The number of ether oxygens (including phenoxy) is 1. The molecular formula is C16H20N2O3. The first-order valence-corrected chi connectivity index (χ1v) is 7.20. The molecule has 1 aliphatic rings. The van der Waals surface area contributed by atoms with Gasteiger partial charge < -0.3 is 15.0 Å². The molecule has 0 saturated carbocycles. The molecule has 21 heavy (non-hydrogen) atoms. The maximum atomic E-state index is 12.5. The van der Waals surface area contributed by atoms with Crippen LogP contribution in [0, 0.1) is 0 Å². The fraction of sp³-hybridized carbons (Fsp3) is 0.375. The lowest BCUT2D eigenvalue weighted by molar-refractivity contribution is -0.138. The number of anilines is 1. The average molecular weight is 288 g/mol. The van der Waals surface area contributed by atoms with Crippen LogP contribution in [0.25, 0.3) is 0 Å². The van der Waals surface area contributed by atoms with Crippen molar-refractivity contribution >= 4 is 17.6 Å². The van der Waals surface area contributed by atoms with Gasteiger partial charge in [-0.05, 0) is 25.5 Å². The number of rotatable bonds is 6. The number of para-hydroxylation sites is 1. The summed E-state index contributed by atoms with van der Waals surface area (Å²) in [6.45, 7) is 4.94. The highest BCUT2D eigenvalue weighted by atomic mass is 16.5. The molecule has 2 rings (SSSR count). The number of carbonyl (C=O) groups excluding carboxylic acids is 2. The van der Waals surface area contributed by atoms with E-state index in [2.05, 4.69) is 5.32 Å². The van der Waals surface area contributed by atoms with Crippen molar-refractivity contribution < 1.29 is 14.3 Å². The molecule has 0 bridgehead atoms. The highest BCUT2D eigenvalue weighted by Crippen LogP contribution is 2.25. The minimum absolute atomic E-state index is 0.183. The molecule has 1 amide bonds. The highest BCUT2D eigenvalue weighted by molar-refractivity contribution is 6.14. The maximum absolute atomic E-state index is 12.5. The van der Waals surface area contributed by atoms with Crippen molar-refractivity contribution in [3.05, 3.63) is 41.6 Å². The Balaban J connectivity index is 2.27. The summed E-state index contributed by atoms with van der Waals surface area (Å²) in [5, 5.41) is 3.06. The molecule has 1 heterocycles. The summed E-state index contributed by atoms with van der Waals surface area (Å²) >= 11 is 0. The molecule has 1 aliphatic heterocycles. The van der Waals surface area contributed by atoms with E-state index in [9.17, 15) is 9.59 Å². The Kier molecular flexibility index (Phi) is 4.98. The molecule has 0 saturated heterocycles. The lowest BCUT2D eigenvalue weighted by Gasteiger charge is -2.16. The summed E-state index contributed by atoms with van der Waals surface area (Å²) in [7, 11) is 0. The smallest absolute Gasteiger partial charge is 0.338 e. The summed E-state index contributed by atoms with van der Waals surface area (Å²) in [5.74, 6) is -0.611. The molecule has 0 atom stereocenters. The van der Waals surface area contributed by atoms with Crippen LogP contribution in [0.15, 0.2) is 41.6 Å². The molecule has 5 nitrogen and oxygen atoms in total. The van der Waals surface area contributed by atoms with Gasteiger partial charge in [-0.1, -0.05) is 25.1 Å². The summed E-state index contributed by atoms with van der Waals surface area (Å²) in [5.41, 5.74) is 1.54. The van der Waals surface area contributed by atoms with Crippen LogP contribution in [0.5, 0.6) is 0 Å². The number of nitrogens with zero attached hydrogens (tertiary/aromatic N) is 1. The zero-order valence-electron chi connectivity index (χ0n) is 12.4. The summed E-state index contributed by atoms with van der Waals surface area (Å²) in [4.78, 5) is 26.2. The molecule has 0 unspecified atom stereocenters. The third-order valence-electron chi connectivity index (χ3n) is 3.22. The lowest BCUT2D eigenvalue weighted by Crippen LogP contribution is -2.30. The van der Waals surface area contributed by atoms with Crippen molar-refractivity contribution in [3.8, 4) is 0 Å². The van der Waals surface area contributed by atoms with Crippen LogP contribution in [-0.4, -0.2) is 31.6 Å². The zero-order chi connectivity index (χ0) is 15.2. The Labute approximate surface area is 124 Å². The predicted molar refractivity (Wildman–Crippen MR) is 80.7 cm³/mol. The molecule has 0 aliphatic carbocycles. The summed E-state index contributed by atoms with van der Waals surface area (Å²) in [6.07, 6.45) is 0.873. The van der Waals surface area contributed by atoms with Crippen LogP contribution in [0.4, 0.5) is 5.69 Å². The van der Waals surface area contributed by atoms with Gasteiger partial charge >= 0.3 is 5.97 Å². The second-order valence-corrected chi connectivity index (χ2v) is 4.73. The number of carbonyl (C=O) groups is 2. The lowest BCUT2D eigenvalue weighted by atomic mass is 10.2. The number of nitrogens with one attached hydrogen (secondary N) is 1. The van der Waals surface area contributed by atoms with Gasteiger partial charge in [-0.3, -0.25) is 4.79 Å². The fourth-order valence-electron chi connectivity index (χ4n) is 2.21. The van der Waals surface area contributed by atoms with Crippen LogP contribution in [0.2, 0.25) is 0 Å². The number of amides is 1. The van der Waals surface area contributed by atoms with Gasteiger partial charge in [-0.15, -0.1) is 0 Å². The van der Waals surface area contributed by atoms with Gasteiger partial charge in [0.15, 0.2) is 0 Å². The monoisotopic (exact) mass is 288 g/mol. The largest absolute Gasteiger partial charge is 0.463 e. The van der Waals surface area contributed by atoms with E-state index in [1.54, 1.807) is 11.8 Å². The third-order valence-corrected chi connectivity index (χ3v) is 3.22. The second kappa shape index (κ2) is 6.92. The zero-order valence-corrected chi connectivity index (χ0v) is 12.4. The molecular weight excluding hydrogens is 268 g/mol. The Morgan fingerprint density at radius 2 is 2.00 bits per heavy atom. The van der Waals surface area contributed by atoms with E-state index in [0.29, 0.717) is 24.4 Å². The number of esters is 1. The fourth-order valence-corrected chi connectivity index (χ4v) is 2.21. The van der Waals surface area contributed by atoms with Crippen LogP contribution in [0.1, 0.15) is 20.3 Å². The minimum atomic E-state index is -0.428. The molecule has 1 N–H and O–H groups in total. The van der Waals surface area contributed by atoms with Crippen molar-refractivity contribution in [2.24, 2.45) is 0 Å². The van der Waals surface area contributed by atoms with Gasteiger partial charge in [0, 0.05) is 12.2 Å². The average Bonchev–Trinajstić information content (AvgIpc) is 2.83. The van der Waals surface area contributed by atoms with Crippen molar-refractivity contribution in [1.82, 2.24) is 5.32 Å². The topological polar surface area (TPSA) is 58.6 Å². The van der Waals surface area contributed by atoms with Crippen molar-refractivity contribution in [2.45, 2.75) is 20.3 Å².